The summed E-state index contributed by atoms with van der Waals surface area (Å²) in [6.07, 6.45) is -13.3. The van der Waals surface area contributed by atoms with Crippen molar-refractivity contribution in [2.75, 3.05) is 7.11 Å². The Kier molecular flexibility index (Phi) is 4.42. The Morgan fingerprint density at radius 3 is 1.60 bits per heavy atom. The van der Waals surface area contributed by atoms with Crippen LogP contribution in [0.15, 0.2) is 0 Å². The molecule has 0 aliphatic carbocycles. The van der Waals surface area contributed by atoms with E-state index in [0.717, 1.165) is 7.11 Å². The average molecular weight is 238 g/mol. The maximum Gasteiger partial charge on any atom is 0.389 e. The van der Waals surface area contributed by atoms with Crippen LogP contribution in [0.3, 0.4) is 0 Å². The molecule has 0 aliphatic rings. The molecule has 0 N–H and O–H groups in total. The highest BCUT2D eigenvalue weighted by atomic mass is 19.4. The van der Waals surface area contributed by atoms with Gasteiger partial charge in [-0.25, -0.2) is 0 Å². The average Bonchev–Trinajstić information content (AvgIpc) is 1.96. The summed E-state index contributed by atoms with van der Waals surface area (Å²) >= 11 is 0. The lowest BCUT2D eigenvalue weighted by Crippen LogP contribution is -2.28. The van der Waals surface area contributed by atoms with Gasteiger partial charge in [0, 0.05) is 0 Å². The third-order valence-corrected chi connectivity index (χ3v) is 1.49. The number of esters is 1. The molecule has 0 atom stereocenters. The third-order valence-electron chi connectivity index (χ3n) is 1.49. The number of ether oxygens (including phenoxy) is 1. The van der Waals surface area contributed by atoms with Gasteiger partial charge in [0.25, 0.3) is 0 Å². The molecule has 0 aliphatic heterocycles. The van der Waals surface area contributed by atoms with Gasteiger partial charge < -0.3 is 4.74 Å². The summed E-state index contributed by atoms with van der Waals surface area (Å²) in [5, 5.41) is 0. The fourth-order valence-corrected chi connectivity index (χ4v) is 0.964. The topological polar surface area (TPSA) is 26.3 Å². The molecule has 90 valence electrons. The second kappa shape index (κ2) is 4.71. The van der Waals surface area contributed by atoms with Crippen LogP contribution in [-0.2, 0) is 9.53 Å². The molecule has 8 heteroatoms. The summed E-state index contributed by atoms with van der Waals surface area (Å²) in [4.78, 5) is 10.6. The van der Waals surface area contributed by atoms with Gasteiger partial charge >= 0.3 is 18.3 Å². The second-order valence-corrected chi connectivity index (χ2v) is 2.86. The van der Waals surface area contributed by atoms with Gasteiger partial charge in [-0.2, -0.15) is 26.3 Å². The van der Waals surface area contributed by atoms with E-state index >= 15 is 0 Å². The van der Waals surface area contributed by atoms with Crippen molar-refractivity contribution in [3.63, 3.8) is 0 Å². The predicted molar refractivity (Wildman–Crippen MR) is 36.9 cm³/mol. The predicted octanol–water partition coefficient (Wildman–Crippen LogP) is 2.68. The van der Waals surface area contributed by atoms with E-state index in [1.165, 1.54) is 0 Å². The molecule has 0 spiro atoms. The van der Waals surface area contributed by atoms with Crippen LogP contribution in [-0.4, -0.2) is 25.4 Å². The number of carbonyl (C=O) groups excluding carboxylic acids is 1. The number of rotatable bonds is 3. The van der Waals surface area contributed by atoms with Crippen LogP contribution >= 0.6 is 0 Å². The molecular formula is C7H8F6O2. The van der Waals surface area contributed by atoms with Crippen molar-refractivity contribution < 1.29 is 35.9 Å². The molecule has 0 saturated heterocycles. The zero-order valence-corrected chi connectivity index (χ0v) is 7.58. The number of hydrogen-bond acceptors (Lipinski definition) is 2. The highest BCUT2D eigenvalue weighted by molar-refractivity contribution is 5.72. The molecule has 0 fully saturated rings. The van der Waals surface area contributed by atoms with Gasteiger partial charge in [0.15, 0.2) is 0 Å². The summed E-state index contributed by atoms with van der Waals surface area (Å²) in [5.41, 5.74) is 0. The summed E-state index contributed by atoms with van der Waals surface area (Å²) in [6, 6.07) is 0. The maximum absolute atomic E-state index is 11.8. The standard InChI is InChI=1S/C7H8F6O2/c1-15-5(14)4(2-6(8,9)10)3-7(11,12)13/h4H,2-3H2,1H3. The second-order valence-electron chi connectivity index (χ2n) is 2.86. The maximum atomic E-state index is 11.8. The van der Waals surface area contributed by atoms with E-state index in [1.54, 1.807) is 0 Å². The summed E-state index contributed by atoms with van der Waals surface area (Å²) in [7, 11) is 0.738. The van der Waals surface area contributed by atoms with Crippen LogP contribution < -0.4 is 0 Å². The highest BCUT2D eigenvalue weighted by Gasteiger charge is 2.42. The first-order valence-corrected chi connectivity index (χ1v) is 3.76. The van der Waals surface area contributed by atoms with E-state index in [9.17, 15) is 31.1 Å². The Bertz CT molecular complexity index is 203. The summed E-state index contributed by atoms with van der Waals surface area (Å²) in [6.45, 7) is 0. The molecule has 0 saturated carbocycles. The van der Waals surface area contributed by atoms with E-state index in [0.29, 0.717) is 0 Å². The molecule has 2 nitrogen and oxygen atoms in total. The molecule has 0 aromatic heterocycles. The first-order chi connectivity index (χ1) is 6.55. The SMILES string of the molecule is COC(=O)C(CC(F)(F)F)CC(F)(F)F. The van der Waals surface area contributed by atoms with Crippen molar-refractivity contribution in [1.29, 1.82) is 0 Å². The normalized spacial score (nSPS) is 13.1. The molecule has 0 heterocycles. The largest absolute Gasteiger partial charge is 0.469 e. The molecular weight excluding hydrogens is 230 g/mol. The smallest absolute Gasteiger partial charge is 0.389 e. The number of alkyl halides is 6. The van der Waals surface area contributed by atoms with Gasteiger partial charge in [-0.15, -0.1) is 0 Å². The Morgan fingerprint density at radius 2 is 1.40 bits per heavy atom. The van der Waals surface area contributed by atoms with Crippen molar-refractivity contribution in [2.45, 2.75) is 25.2 Å². The minimum atomic E-state index is -4.83. The van der Waals surface area contributed by atoms with Crippen LogP contribution in [0.4, 0.5) is 26.3 Å². The number of hydrogen-bond donors (Lipinski definition) is 0. The molecule has 0 radical (unpaired) electrons. The van der Waals surface area contributed by atoms with Crippen LogP contribution in [0.1, 0.15) is 12.8 Å². The van der Waals surface area contributed by atoms with Crippen molar-refractivity contribution >= 4 is 5.97 Å². The molecule has 15 heavy (non-hydrogen) atoms. The lowest BCUT2D eigenvalue weighted by molar-refractivity contribution is -0.187. The minimum absolute atomic E-state index is 0.738. The third kappa shape index (κ3) is 7.03. The molecule has 0 aromatic carbocycles. The van der Waals surface area contributed by atoms with E-state index < -0.39 is 37.1 Å². The van der Waals surface area contributed by atoms with Crippen molar-refractivity contribution in [2.24, 2.45) is 5.92 Å². The fraction of sp³-hybridized carbons (Fsp3) is 0.857. The number of methoxy groups -OCH3 is 1. The Morgan fingerprint density at radius 1 is 1.07 bits per heavy atom. The van der Waals surface area contributed by atoms with Crippen LogP contribution in [0.5, 0.6) is 0 Å². The Labute approximate surface area is 81.2 Å². The molecule has 0 unspecified atom stereocenters. The van der Waals surface area contributed by atoms with Gasteiger partial charge in [0.2, 0.25) is 0 Å². The van der Waals surface area contributed by atoms with Gasteiger partial charge in [0.05, 0.1) is 25.9 Å². The first-order valence-electron chi connectivity index (χ1n) is 3.76. The van der Waals surface area contributed by atoms with Crippen LogP contribution in [0.2, 0.25) is 0 Å². The fourth-order valence-electron chi connectivity index (χ4n) is 0.964. The number of halogens is 6. The monoisotopic (exact) mass is 238 g/mol. The Hall–Kier alpha value is -0.950. The van der Waals surface area contributed by atoms with Gasteiger partial charge in [0.1, 0.15) is 0 Å². The van der Waals surface area contributed by atoms with Gasteiger partial charge in [-0.05, 0) is 0 Å². The number of carbonyl (C=O) groups is 1. The lowest BCUT2D eigenvalue weighted by Gasteiger charge is -2.17. The van der Waals surface area contributed by atoms with E-state index in [2.05, 4.69) is 4.74 Å². The van der Waals surface area contributed by atoms with E-state index in [4.69, 9.17) is 0 Å². The Balaban J connectivity index is 4.53. The van der Waals surface area contributed by atoms with Crippen molar-refractivity contribution in [3.8, 4) is 0 Å². The van der Waals surface area contributed by atoms with E-state index in [1.807, 2.05) is 0 Å². The highest BCUT2D eigenvalue weighted by Crippen LogP contribution is 2.33. The van der Waals surface area contributed by atoms with Crippen molar-refractivity contribution in [3.05, 3.63) is 0 Å². The molecule has 0 rings (SSSR count). The van der Waals surface area contributed by atoms with Crippen LogP contribution in [0, 0.1) is 5.92 Å². The quantitative estimate of drug-likeness (QED) is 0.558. The summed E-state index contributed by atoms with van der Waals surface area (Å²) in [5.74, 6) is -3.74. The van der Waals surface area contributed by atoms with E-state index in [-0.39, 0.29) is 0 Å². The zero-order chi connectivity index (χ0) is 12.3. The van der Waals surface area contributed by atoms with Crippen molar-refractivity contribution in [1.82, 2.24) is 0 Å². The molecule has 0 amide bonds. The molecule has 0 aromatic rings. The lowest BCUT2D eigenvalue weighted by atomic mass is 10.0. The summed E-state index contributed by atoms with van der Waals surface area (Å²) < 4.78 is 74.7. The first kappa shape index (κ1) is 14.0. The van der Waals surface area contributed by atoms with Crippen LogP contribution in [0.25, 0.3) is 0 Å². The zero-order valence-electron chi connectivity index (χ0n) is 7.58. The molecule has 0 bridgehead atoms. The minimum Gasteiger partial charge on any atom is -0.469 e. The van der Waals surface area contributed by atoms with Gasteiger partial charge in [-0.3, -0.25) is 4.79 Å². The van der Waals surface area contributed by atoms with Gasteiger partial charge in [-0.1, -0.05) is 0 Å².